The van der Waals surface area contributed by atoms with Crippen LogP contribution in [0.1, 0.15) is 64.2 Å². The highest BCUT2D eigenvalue weighted by Crippen LogP contribution is 2.34. The largest absolute Gasteiger partial charge is 0.445 e. The Labute approximate surface area is 224 Å². The quantitative estimate of drug-likeness (QED) is 0.163. The van der Waals surface area contributed by atoms with E-state index in [4.69, 9.17) is 16.3 Å². The lowest BCUT2D eigenvalue weighted by atomic mass is 9.99. The first-order valence-electron chi connectivity index (χ1n) is 11.9. The Balaban J connectivity index is 1.47. The first-order chi connectivity index (χ1) is 18.3. The molecule has 1 atom stereocenters. The van der Waals surface area contributed by atoms with Gasteiger partial charge in [0.15, 0.2) is 6.10 Å². The number of esters is 1. The van der Waals surface area contributed by atoms with Crippen LogP contribution in [0.3, 0.4) is 0 Å². The molecule has 0 saturated heterocycles. The smallest absolute Gasteiger partial charge is 0.339 e. The molecule has 0 aromatic heterocycles. The van der Waals surface area contributed by atoms with Crippen LogP contribution in [0, 0.1) is 13.8 Å². The van der Waals surface area contributed by atoms with Gasteiger partial charge in [0, 0.05) is 16.1 Å². The minimum Gasteiger partial charge on any atom is -0.445 e. The molecule has 0 fully saturated rings. The van der Waals surface area contributed by atoms with Crippen molar-refractivity contribution in [1.29, 1.82) is 0 Å². The van der Waals surface area contributed by atoms with Gasteiger partial charge in [0.2, 0.25) is 5.78 Å². The Bertz CT molecular complexity index is 1570. The predicted molar refractivity (Wildman–Crippen MR) is 144 cm³/mol. The Morgan fingerprint density at radius 1 is 0.737 bits per heavy atom. The zero-order chi connectivity index (χ0) is 27.0. The number of hydrogen-bond donors (Lipinski definition) is 0. The molecule has 0 unspecified atom stereocenters. The number of amides is 2. The normalized spacial score (nSPS) is 13.3. The molecule has 38 heavy (non-hydrogen) atoms. The standard InChI is InChI=1S/C31H22ClNO5/c1-18-7-6-8-19(2)26(18)33-29(35)24-16-13-22(17-25(24)30(33)36)31(37)38-28(21-11-14-23(32)15-12-21)27(34)20-9-4-3-5-10-20/h3-17,28H,1-2H3/t28-/m1/s1. The van der Waals surface area contributed by atoms with Crippen LogP contribution in [0.15, 0.2) is 91.0 Å². The summed E-state index contributed by atoms with van der Waals surface area (Å²) in [7, 11) is 0. The fourth-order valence-electron chi connectivity index (χ4n) is 4.57. The number of fused-ring (bicyclic) bond motifs is 1. The summed E-state index contributed by atoms with van der Waals surface area (Å²) in [5.41, 5.74) is 3.26. The predicted octanol–water partition coefficient (Wildman–Crippen LogP) is 6.54. The molecule has 0 saturated carbocycles. The maximum atomic E-state index is 13.3. The molecule has 0 bridgehead atoms. The SMILES string of the molecule is Cc1cccc(C)c1N1C(=O)c2ccc(C(=O)O[C@@H](C(=O)c3ccccc3)c3ccc(Cl)cc3)cc2C1=O. The van der Waals surface area contributed by atoms with Crippen LogP contribution >= 0.6 is 11.6 Å². The molecule has 1 heterocycles. The van der Waals surface area contributed by atoms with E-state index < -0.39 is 29.7 Å². The van der Waals surface area contributed by atoms with Crippen LogP contribution < -0.4 is 4.90 Å². The van der Waals surface area contributed by atoms with Crippen LogP contribution in [0.2, 0.25) is 5.02 Å². The number of benzene rings is 4. The zero-order valence-corrected chi connectivity index (χ0v) is 21.4. The molecular formula is C31H22ClNO5. The second-order valence-corrected chi connectivity index (χ2v) is 9.45. The van der Waals surface area contributed by atoms with Crippen LogP contribution in [0.4, 0.5) is 5.69 Å². The molecular weight excluding hydrogens is 502 g/mol. The molecule has 0 N–H and O–H groups in total. The third-order valence-corrected chi connectivity index (χ3v) is 6.73. The van der Waals surface area contributed by atoms with E-state index in [1.807, 2.05) is 32.0 Å². The number of carbonyl (C=O) groups is 4. The van der Waals surface area contributed by atoms with Crippen molar-refractivity contribution in [1.82, 2.24) is 0 Å². The Hall–Kier alpha value is -4.55. The minimum absolute atomic E-state index is 0.0491. The third kappa shape index (κ3) is 4.51. The molecule has 0 spiro atoms. The molecule has 1 aliphatic heterocycles. The third-order valence-electron chi connectivity index (χ3n) is 6.48. The van der Waals surface area contributed by atoms with Crippen molar-refractivity contribution in [3.05, 3.63) is 135 Å². The Kier molecular flexibility index (Phi) is 6.66. The highest BCUT2D eigenvalue weighted by atomic mass is 35.5. The van der Waals surface area contributed by atoms with Gasteiger partial charge in [0.1, 0.15) is 0 Å². The van der Waals surface area contributed by atoms with Crippen molar-refractivity contribution in [3.63, 3.8) is 0 Å². The maximum Gasteiger partial charge on any atom is 0.339 e. The second-order valence-electron chi connectivity index (χ2n) is 9.01. The molecule has 4 aromatic rings. The van der Waals surface area contributed by atoms with Gasteiger partial charge in [-0.05, 0) is 55.3 Å². The lowest BCUT2D eigenvalue weighted by molar-refractivity contribution is 0.0280. The van der Waals surface area contributed by atoms with Gasteiger partial charge >= 0.3 is 5.97 Å². The number of anilines is 1. The number of hydrogen-bond acceptors (Lipinski definition) is 5. The zero-order valence-electron chi connectivity index (χ0n) is 20.6. The Morgan fingerprint density at radius 2 is 1.37 bits per heavy atom. The molecule has 4 aromatic carbocycles. The number of ketones is 1. The summed E-state index contributed by atoms with van der Waals surface area (Å²) in [4.78, 5) is 54.2. The van der Waals surface area contributed by atoms with Crippen molar-refractivity contribution in [2.45, 2.75) is 20.0 Å². The molecule has 188 valence electrons. The minimum atomic E-state index is -1.24. The van der Waals surface area contributed by atoms with E-state index in [9.17, 15) is 19.2 Å². The topological polar surface area (TPSA) is 80.8 Å². The molecule has 1 aliphatic rings. The van der Waals surface area contributed by atoms with Gasteiger partial charge in [0.25, 0.3) is 11.8 Å². The van der Waals surface area contributed by atoms with E-state index in [1.54, 1.807) is 54.6 Å². The summed E-state index contributed by atoms with van der Waals surface area (Å²) in [6.45, 7) is 3.66. The molecule has 5 rings (SSSR count). The van der Waals surface area contributed by atoms with Crippen molar-refractivity contribution in [2.24, 2.45) is 0 Å². The lowest BCUT2D eigenvalue weighted by Gasteiger charge is -2.19. The molecule has 2 amide bonds. The fraction of sp³-hybridized carbons (Fsp3) is 0.0968. The number of nitrogens with zero attached hydrogens (tertiary/aromatic N) is 1. The molecule has 6 nitrogen and oxygen atoms in total. The fourth-order valence-corrected chi connectivity index (χ4v) is 4.69. The highest BCUT2D eigenvalue weighted by Gasteiger charge is 2.39. The van der Waals surface area contributed by atoms with Crippen LogP contribution in [0.5, 0.6) is 0 Å². The lowest BCUT2D eigenvalue weighted by Crippen LogP contribution is -2.30. The summed E-state index contributed by atoms with van der Waals surface area (Å²) in [5.74, 6) is -2.19. The van der Waals surface area contributed by atoms with E-state index in [2.05, 4.69) is 0 Å². The summed E-state index contributed by atoms with van der Waals surface area (Å²) in [6.07, 6.45) is -1.24. The van der Waals surface area contributed by atoms with Crippen molar-refractivity contribution >= 4 is 40.9 Å². The van der Waals surface area contributed by atoms with E-state index in [1.165, 1.54) is 18.2 Å². The van der Waals surface area contributed by atoms with Gasteiger partial charge in [-0.2, -0.15) is 0 Å². The first-order valence-corrected chi connectivity index (χ1v) is 12.3. The van der Waals surface area contributed by atoms with Gasteiger partial charge in [-0.25, -0.2) is 9.69 Å². The highest BCUT2D eigenvalue weighted by molar-refractivity contribution is 6.35. The van der Waals surface area contributed by atoms with Crippen LogP contribution in [-0.2, 0) is 4.74 Å². The van der Waals surface area contributed by atoms with Crippen molar-refractivity contribution in [2.75, 3.05) is 4.90 Å². The maximum absolute atomic E-state index is 13.3. The first kappa shape index (κ1) is 25.1. The number of aryl methyl sites for hydroxylation is 2. The molecule has 0 radical (unpaired) electrons. The van der Waals surface area contributed by atoms with Crippen molar-refractivity contribution in [3.8, 4) is 0 Å². The monoisotopic (exact) mass is 523 g/mol. The average molecular weight is 524 g/mol. The van der Waals surface area contributed by atoms with E-state index in [-0.39, 0.29) is 16.7 Å². The number of Topliss-reactive ketones (excluding diaryl/α,β-unsaturated/α-hetero) is 1. The van der Waals surface area contributed by atoms with Crippen LogP contribution in [0.25, 0.3) is 0 Å². The van der Waals surface area contributed by atoms with E-state index in [0.29, 0.717) is 21.8 Å². The van der Waals surface area contributed by atoms with Gasteiger partial charge in [-0.15, -0.1) is 0 Å². The van der Waals surface area contributed by atoms with Crippen LogP contribution in [-0.4, -0.2) is 23.6 Å². The summed E-state index contributed by atoms with van der Waals surface area (Å²) < 4.78 is 5.71. The Morgan fingerprint density at radius 3 is 2.03 bits per heavy atom. The number of para-hydroxylation sites is 1. The number of rotatable bonds is 6. The summed E-state index contributed by atoms with van der Waals surface area (Å²) in [6, 6.07) is 24.7. The number of imide groups is 1. The number of ether oxygens (including phenoxy) is 1. The van der Waals surface area contributed by atoms with Gasteiger partial charge in [0.05, 0.1) is 22.4 Å². The molecule has 0 aliphatic carbocycles. The number of halogens is 1. The average Bonchev–Trinajstić information content (AvgIpc) is 3.17. The summed E-state index contributed by atoms with van der Waals surface area (Å²) >= 11 is 6.01. The van der Waals surface area contributed by atoms with Gasteiger partial charge in [-0.3, -0.25) is 14.4 Å². The summed E-state index contributed by atoms with van der Waals surface area (Å²) in [5, 5.41) is 0.473. The van der Waals surface area contributed by atoms with E-state index >= 15 is 0 Å². The van der Waals surface area contributed by atoms with Crippen molar-refractivity contribution < 1.29 is 23.9 Å². The molecule has 7 heteroatoms. The second kappa shape index (κ2) is 10.1. The van der Waals surface area contributed by atoms with E-state index in [0.717, 1.165) is 16.0 Å². The van der Waals surface area contributed by atoms with Gasteiger partial charge in [-0.1, -0.05) is 72.3 Å². The number of carbonyl (C=O) groups excluding carboxylic acids is 4. The van der Waals surface area contributed by atoms with Gasteiger partial charge < -0.3 is 4.74 Å².